The van der Waals surface area contributed by atoms with E-state index in [0.717, 1.165) is 36.6 Å². The maximum absolute atomic E-state index is 5.97. The Morgan fingerprint density at radius 2 is 2.14 bits per heavy atom. The fraction of sp³-hybridized carbons (Fsp3) is 0.438. The number of rotatable bonds is 4. The molecule has 6 heteroatoms. The summed E-state index contributed by atoms with van der Waals surface area (Å²) < 4.78 is 11.3. The molecular formula is C16H20N4O2. The fourth-order valence-electron chi connectivity index (χ4n) is 2.72. The van der Waals surface area contributed by atoms with Crippen molar-refractivity contribution in [2.75, 3.05) is 25.1 Å². The predicted molar refractivity (Wildman–Crippen MR) is 83.5 cm³/mol. The molecule has 1 aliphatic heterocycles. The molecule has 3 heterocycles. The van der Waals surface area contributed by atoms with Gasteiger partial charge < -0.3 is 14.4 Å². The number of ether oxygens (including phenoxy) is 2. The zero-order valence-electron chi connectivity index (χ0n) is 13.1. The Labute approximate surface area is 130 Å². The van der Waals surface area contributed by atoms with Gasteiger partial charge in [-0.2, -0.15) is 4.98 Å². The molecule has 6 nitrogen and oxygen atoms in total. The van der Waals surface area contributed by atoms with Crippen LogP contribution in [0.15, 0.2) is 24.5 Å². The number of hydrogen-bond acceptors (Lipinski definition) is 6. The summed E-state index contributed by atoms with van der Waals surface area (Å²) in [4.78, 5) is 15.2. The van der Waals surface area contributed by atoms with Crippen molar-refractivity contribution >= 4 is 5.82 Å². The third-order valence-corrected chi connectivity index (χ3v) is 3.76. The number of pyridine rings is 1. The predicted octanol–water partition coefficient (Wildman–Crippen LogP) is 2.15. The van der Waals surface area contributed by atoms with Gasteiger partial charge in [0.2, 0.25) is 5.88 Å². The first-order valence-corrected chi connectivity index (χ1v) is 7.38. The van der Waals surface area contributed by atoms with Crippen LogP contribution >= 0.6 is 0 Å². The van der Waals surface area contributed by atoms with Crippen molar-refractivity contribution in [2.24, 2.45) is 0 Å². The Hall–Kier alpha value is -2.37. The van der Waals surface area contributed by atoms with Crippen molar-refractivity contribution in [3.05, 3.63) is 35.9 Å². The molecule has 2 aromatic heterocycles. The first-order chi connectivity index (χ1) is 10.7. The molecule has 0 radical (unpaired) electrons. The molecule has 0 unspecified atom stereocenters. The molecule has 1 fully saturated rings. The summed E-state index contributed by atoms with van der Waals surface area (Å²) in [7, 11) is 1.64. The van der Waals surface area contributed by atoms with E-state index in [1.807, 2.05) is 26.0 Å². The van der Waals surface area contributed by atoms with Gasteiger partial charge >= 0.3 is 0 Å². The van der Waals surface area contributed by atoms with Crippen LogP contribution in [0, 0.1) is 13.8 Å². The third kappa shape index (κ3) is 2.95. The minimum absolute atomic E-state index is 0.143. The molecule has 0 saturated carbocycles. The van der Waals surface area contributed by atoms with E-state index in [1.165, 1.54) is 0 Å². The van der Waals surface area contributed by atoms with Gasteiger partial charge in [0.25, 0.3) is 0 Å². The van der Waals surface area contributed by atoms with Gasteiger partial charge in [0.15, 0.2) is 0 Å². The van der Waals surface area contributed by atoms with Gasteiger partial charge in [-0.3, -0.25) is 4.98 Å². The fourth-order valence-corrected chi connectivity index (χ4v) is 2.72. The Morgan fingerprint density at radius 1 is 1.27 bits per heavy atom. The van der Waals surface area contributed by atoms with Crippen LogP contribution in [0.2, 0.25) is 0 Å². The van der Waals surface area contributed by atoms with Crippen LogP contribution in [0.3, 0.4) is 0 Å². The SMILES string of the molecule is COc1nc(C)nc(N2CC[C@@H](Oc3cccnc3)C2)c1C. The van der Waals surface area contributed by atoms with Gasteiger partial charge in [0, 0.05) is 19.2 Å². The Balaban J connectivity index is 1.74. The number of aryl methyl sites for hydroxylation is 1. The Kier molecular flexibility index (Phi) is 4.09. The molecule has 116 valence electrons. The van der Waals surface area contributed by atoms with Crippen LogP contribution in [0.4, 0.5) is 5.82 Å². The van der Waals surface area contributed by atoms with Crippen LogP contribution in [-0.4, -0.2) is 41.3 Å². The highest BCUT2D eigenvalue weighted by Gasteiger charge is 2.27. The molecular weight excluding hydrogens is 280 g/mol. The first-order valence-electron chi connectivity index (χ1n) is 7.38. The molecule has 0 aliphatic carbocycles. The molecule has 22 heavy (non-hydrogen) atoms. The number of nitrogens with zero attached hydrogens (tertiary/aromatic N) is 4. The summed E-state index contributed by atoms with van der Waals surface area (Å²) in [6, 6.07) is 3.81. The molecule has 0 spiro atoms. The summed E-state index contributed by atoms with van der Waals surface area (Å²) in [5.74, 6) is 3.09. The molecule has 2 aromatic rings. The maximum atomic E-state index is 5.97. The van der Waals surface area contributed by atoms with Gasteiger partial charge in [0.1, 0.15) is 23.5 Å². The molecule has 3 rings (SSSR count). The van der Waals surface area contributed by atoms with E-state index in [0.29, 0.717) is 11.7 Å². The summed E-state index contributed by atoms with van der Waals surface area (Å²) in [6.45, 7) is 5.58. The Bertz CT molecular complexity index is 648. The van der Waals surface area contributed by atoms with Gasteiger partial charge in [-0.05, 0) is 26.0 Å². The lowest BCUT2D eigenvalue weighted by Gasteiger charge is -2.21. The molecule has 0 amide bonds. The first kappa shape index (κ1) is 14.6. The monoisotopic (exact) mass is 300 g/mol. The summed E-state index contributed by atoms with van der Waals surface area (Å²) in [5.41, 5.74) is 0.968. The van der Waals surface area contributed by atoms with Crippen molar-refractivity contribution in [2.45, 2.75) is 26.4 Å². The highest BCUT2D eigenvalue weighted by atomic mass is 16.5. The summed E-state index contributed by atoms with van der Waals surface area (Å²) in [6.07, 6.45) is 4.59. The van der Waals surface area contributed by atoms with E-state index in [2.05, 4.69) is 19.9 Å². The highest BCUT2D eigenvalue weighted by molar-refractivity contribution is 5.51. The van der Waals surface area contributed by atoms with Crippen molar-refractivity contribution in [1.82, 2.24) is 15.0 Å². The number of anilines is 1. The second-order valence-corrected chi connectivity index (χ2v) is 5.39. The quantitative estimate of drug-likeness (QED) is 0.862. The van der Waals surface area contributed by atoms with Crippen molar-refractivity contribution in [3.8, 4) is 11.6 Å². The minimum Gasteiger partial charge on any atom is -0.487 e. The van der Waals surface area contributed by atoms with Crippen molar-refractivity contribution in [3.63, 3.8) is 0 Å². The molecule has 1 saturated heterocycles. The minimum atomic E-state index is 0.143. The van der Waals surface area contributed by atoms with E-state index >= 15 is 0 Å². The third-order valence-electron chi connectivity index (χ3n) is 3.76. The zero-order chi connectivity index (χ0) is 15.5. The maximum Gasteiger partial charge on any atom is 0.221 e. The lowest BCUT2D eigenvalue weighted by Crippen LogP contribution is -2.26. The van der Waals surface area contributed by atoms with Crippen LogP contribution in [-0.2, 0) is 0 Å². The van der Waals surface area contributed by atoms with Crippen LogP contribution in [0.25, 0.3) is 0 Å². The van der Waals surface area contributed by atoms with E-state index in [4.69, 9.17) is 9.47 Å². The normalized spacial score (nSPS) is 17.6. The summed E-state index contributed by atoms with van der Waals surface area (Å²) >= 11 is 0. The Morgan fingerprint density at radius 3 is 2.86 bits per heavy atom. The second-order valence-electron chi connectivity index (χ2n) is 5.39. The summed E-state index contributed by atoms with van der Waals surface area (Å²) in [5, 5.41) is 0. The van der Waals surface area contributed by atoms with E-state index in [9.17, 15) is 0 Å². The smallest absolute Gasteiger partial charge is 0.221 e. The van der Waals surface area contributed by atoms with Crippen LogP contribution in [0.5, 0.6) is 11.6 Å². The standard InChI is InChI=1S/C16H20N4O2/c1-11-15(18-12(2)19-16(11)21-3)20-8-6-14(10-20)22-13-5-4-7-17-9-13/h4-5,7,9,14H,6,8,10H2,1-3H3/t14-/m1/s1. The van der Waals surface area contributed by atoms with Gasteiger partial charge in [-0.15, -0.1) is 0 Å². The van der Waals surface area contributed by atoms with E-state index in [1.54, 1.807) is 19.5 Å². The van der Waals surface area contributed by atoms with Crippen LogP contribution < -0.4 is 14.4 Å². The van der Waals surface area contributed by atoms with Crippen molar-refractivity contribution in [1.29, 1.82) is 0 Å². The molecule has 0 N–H and O–H groups in total. The number of hydrogen-bond donors (Lipinski definition) is 0. The van der Waals surface area contributed by atoms with E-state index < -0.39 is 0 Å². The number of methoxy groups -OCH3 is 1. The van der Waals surface area contributed by atoms with Crippen LogP contribution in [0.1, 0.15) is 17.8 Å². The second kappa shape index (κ2) is 6.17. The molecule has 1 atom stereocenters. The number of aromatic nitrogens is 3. The topological polar surface area (TPSA) is 60.4 Å². The van der Waals surface area contributed by atoms with E-state index in [-0.39, 0.29) is 6.10 Å². The van der Waals surface area contributed by atoms with Gasteiger partial charge in [0.05, 0.1) is 25.4 Å². The lowest BCUT2D eigenvalue weighted by molar-refractivity contribution is 0.224. The molecule has 1 aliphatic rings. The lowest BCUT2D eigenvalue weighted by atomic mass is 10.3. The highest BCUT2D eigenvalue weighted by Crippen LogP contribution is 2.28. The molecule has 0 bridgehead atoms. The van der Waals surface area contributed by atoms with Gasteiger partial charge in [-0.25, -0.2) is 4.98 Å². The van der Waals surface area contributed by atoms with Gasteiger partial charge in [-0.1, -0.05) is 0 Å². The largest absolute Gasteiger partial charge is 0.487 e. The average molecular weight is 300 g/mol. The molecule has 0 aromatic carbocycles. The zero-order valence-corrected chi connectivity index (χ0v) is 13.1. The average Bonchev–Trinajstić information content (AvgIpc) is 2.98. The van der Waals surface area contributed by atoms with Crippen molar-refractivity contribution < 1.29 is 9.47 Å².